The molecule has 1 N–H and O–H groups in total. The lowest BCUT2D eigenvalue weighted by Gasteiger charge is -2.29. The molecule has 1 saturated heterocycles. The molecule has 0 aliphatic carbocycles. The number of benzene rings is 2. The third kappa shape index (κ3) is 4.28. The molecule has 0 bridgehead atoms. The summed E-state index contributed by atoms with van der Waals surface area (Å²) in [5.74, 6) is 0.249. The van der Waals surface area contributed by atoms with Gasteiger partial charge in [-0.3, -0.25) is 4.79 Å². The van der Waals surface area contributed by atoms with Gasteiger partial charge in [0, 0.05) is 24.3 Å². The number of hydrogen-bond acceptors (Lipinski definition) is 3. The summed E-state index contributed by atoms with van der Waals surface area (Å²) in [4.78, 5) is 13.0. The van der Waals surface area contributed by atoms with Crippen molar-refractivity contribution in [2.45, 2.75) is 44.9 Å². The predicted octanol–water partition coefficient (Wildman–Crippen LogP) is 4.23. The second-order valence-corrected chi connectivity index (χ2v) is 9.47. The third-order valence-corrected chi connectivity index (χ3v) is 7.35. The molecule has 0 aromatic heterocycles. The molecule has 150 valence electrons. The van der Waals surface area contributed by atoms with Crippen LogP contribution in [0.25, 0.3) is 0 Å². The highest BCUT2D eigenvalue weighted by Gasteiger charge is 2.28. The number of nitrogens with one attached hydrogen (secondary N) is 1. The second kappa shape index (κ2) is 8.45. The Labute approximate surface area is 167 Å². The van der Waals surface area contributed by atoms with Crippen LogP contribution >= 0.6 is 0 Å². The Morgan fingerprint density at radius 2 is 1.82 bits per heavy atom. The van der Waals surface area contributed by atoms with E-state index in [1.165, 1.54) is 10.4 Å². The van der Waals surface area contributed by atoms with E-state index in [0.29, 0.717) is 24.6 Å². The third-order valence-electron chi connectivity index (χ3n) is 5.46. The van der Waals surface area contributed by atoms with Crippen molar-refractivity contribution in [1.29, 1.82) is 0 Å². The molecular formula is C22H28N2O3S. The van der Waals surface area contributed by atoms with Crippen molar-refractivity contribution in [3.05, 3.63) is 59.2 Å². The Kier molecular flexibility index (Phi) is 6.20. The molecule has 0 radical (unpaired) electrons. The van der Waals surface area contributed by atoms with Crippen molar-refractivity contribution in [3.63, 3.8) is 0 Å². The standard InChI is InChI=1S/C22H28N2O3S/c1-4-18-8-5-7-17(3)21(18)23-22(25)19-9-6-10-20(15-19)28(26,27)24-13-11-16(2)12-14-24/h5-10,15-16H,4,11-14H2,1-3H3,(H,23,25). The average Bonchev–Trinajstić information content (AvgIpc) is 2.70. The van der Waals surface area contributed by atoms with Gasteiger partial charge in [0.2, 0.25) is 10.0 Å². The van der Waals surface area contributed by atoms with Gasteiger partial charge in [0.1, 0.15) is 0 Å². The first-order chi connectivity index (χ1) is 13.3. The predicted molar refractivity (Wildman–Crippen MR) is 112 cm³/mol. The Bertz CT molecular complexity index is 961. The Morgan fingerprint density at radius 1 is 1.14 bits per heavy atom. The first kappa shape index (κ1) is 20.6. The van der Waals surface area contributed by atoms with Crippen molar-refractivity contribution in [2.24, 2.45) is 5.92 Å². The summed E-state index contributed by atoms with van der Waals surface area (Å²) in [5, 5.41) is 2.96. The van der Waals surface area contributed by atoms with Crippen LogP contribution in [0.15, 0.2) is 47.4 Å². The smallest absolute Gasteiger partial charge is 0.255 e. The zero-order chi connectivity index (χ0) is 20.3. The maximum atomic E-state index is 13.0. The van der Waals surface area contributed by atoms with E-state index >= 15 is 0 Å². The first-order valence-electron chi connectivity index (χ1n) is 9.83. The molecule has 2 aromatic rings. The number of aryl methyl sites for hydroxylation is 2. The van der Waals surface area contributed by atoms with Gasteiger partial charge in [-0.15, -0.1) is 0 Å². The van der Waals surface area contributed by atoms with Crippen molar-refractivity contribution < 1.29 is 13.2 Å². The fourth-order valence-corrected chi connectivity index (χ4v) is 5.08. The Balaban J connectivity index is 1.84. The summed E-state index contributed by atoms with van der Waals surface area (Å²) >= 11 is 0. The maximum Gasteiger partial charge on any atom is 0.255 e. The quantitative estimate of drug-likeness (QED) is 0.817. The number of nitrogens with zero attached hydrogens (tertiary/aromatic N) is 1. The molecule has 5 nitrogen and oxygen atoms in total. The molecule has 1 fully saturated rings. The average molecular weight is 401 g/mol. The lowest BCUT2D eigenvalue weighted by Crippen LogP contribution is -2.37. The van der Waals surface area contributed by atoms with Crippen LogP contribution in [-0.4, -0.2) is 31.7 Å². The van der Waals surface area contributed by atoms with Gasteiger partial charge >= 0.3 is 0 Å². The van der Waals surface area contributed by atoms with Crippen LogP contribution in [0.2, 0.25) is 0 Å². The highest BCUT2D eigenvalue weighted by Crippen LogP contribution is 2.25. The van der Waals surface area contributed by atoms with Gasteiger partial charge in [-0.1, -0.05) is 38.1 Å². The number of carbonyl (C=O) groups excluding carboxylic acids is 1. The van der Waals surface area contributed by atoms with Gasteiger partial charge in [0.25, 0.3) is 5.91 Å². The van der Waals surface area contributed by atoms with Crippen LogP contribution < -0.4 is 5.32 Å². The number of anilines is 1. The molecule has 0 atom stereocenters. The number of piperidine rings is 1. The molecule has 2 aromatic carbocycles. The summed E-state index contributed by atoms with van der Waals surface area (Å²) in [6, 6.07) is 12.2. The van der Waals surface area contributed by atoms with Crippen molar-refractivity contribution in [1.82, 2.24) is 4.31 Å². The number of amides is 1. The molecule has 1 heterocycles. The molecule has 3 rings (SSSR count). The van der Waals surface area contributed by atoms with Gasteiger partial charge in [0.05, 0.1) is 4.90 Å². The molecule has 0 saturated carbocycles. The molecule has 1 aliphatic rings. The van der Waals surface area contributed by atoms with Gasteiger partial charge in [-0.25, -0.2) is 8.42 Å². The van der Waals surface area contributed by atoms with Crippen molar-refractivity contribution in [2.75, 3.05) is 18.4 Å². The van der Waals surface area contributed by atoms with Crippen LogP contribution in [-0.2, 0) is 16.4 Å². The van der Waals surface area contributed by atoms with Crippen molar-refractivity contribution >= 4 is 21.6 Å². The van der Waals surface area contributed by atoms with Gasteiger partial charge in [-0.05, 0) is 61.4 Å². The minimum atomic E-state index is -3.58. The normalized spacial score (nSPS) is 16.1. The number of hydrogen-bond donors (Lipinski definition) is 1. The van der Waals surface area contributed by atoms with Crippen LogP contribution in [0.4, 0.5) is 5.69 Å². The SMILES string of the molecule is CCc1cccc(C)c1NC(=O)c1cccc(S(=O)(=O)N2CCC(C)CC2)c1. The Hall–Kier alpha value is -2.18. The fourth-order valence-electron chi connectivity index (χ4n) is 3.56. The van der Waals surface area contributed by atoms with E-state index in [9.17, 15) is 13.2 Å². The second-order valence-electron chi connectivity index (χ2n) is 7.53. The molecule has 1 aliphatic heterocycles. The van der Waals surface area contributed by atoms with Gasteiger partial charge in [0.15, 0.2) is 0 Å². The zero-order valence-electron chi connectivity index (χ0n) is 16.7. The molecule has 0 spiro atoms. The minimum Gasteiger partial charge on any atom is -0.321 e. The van der Waals surface area contributed by atoms with Crippen LogP contribution in [0.3, 0.4) is 0 Å². The van der Waals surface area contributed by atoms with E-state index in [0.717, 1.165) is 36.1 Å². The molecule has 28 heavy (non-hydrogen) atoms. The molecule has 1 amide bonds. The largest absolute Gasteiger partial charge is 0.321 e. The van der Waals surface area contributed by atoms with Crippen molar-refractivity contribution in [3.8, 4) is 0 Å². The molecule has 0 unspecified atom stereocenters. The summed E-state index contributed by atoms with van der Waals surface area (Å²) in [7, 11) is -3.58. The van der Waals surface area contributed by atoms with Crippen LogP contribution in [0.1, 0.15) is 48.2 Å². The highest BCUT2D eigenvalue weighted by atomic mass is 32.2. The lowest BCUT2D eigenvalue weighted by molar-refractivity contribution is 0.102. The van der Waals surface area contributed by atoms with E-state index in [4.69, 9.17) is 0 Å². The number of para-hydroxylation sites is 1. The minimum absolute atomic E-state index is 0.176. The summed E-state index contributed by atoms with van der Waals surface area (Å²) in [6.45, 7) is 7.20. The molecular weight excluding hydrogens is 372 g/mol. The van der Waals surface area contributed by atoms with E-state index in [1.54, 1.807) is 18.2 Å². The monoisotopic (exact) mass is 400 g/mol. The summed E-state index contributed by atoms with van der Waals surface area (Å²) in [5.41, 5.74) is 3.18. The lowest BCUT2D eigenvalue weighted by atomic mass is 10.0. The van der Waals surface area contributed by atoms with Gasteiger partial charge < -0.3 is 5.32 Å². The fraction of sp³-hybridized carbons (Fsp3) is 0.409. The van der Waals surface area contributed by atoms with Crippen LogP contribution in [0.5, 0.6) is 0 Å². The number of carbonyl (C=O) groups is 1. The number of sulfonamides is 1. The van der Waals surface area contributed by atoms with E-state index < -0.39 is 10.0 Å². The summed E-state index contributed by atoms with van der Waals surface area (Å²) < 4.78 is 27.5. The first-order valence-corrected chi connectivity index (χ1v) is 11.3. The van der Waals surface area contributed by atoms with E-state index in [-0.39, 0.29) is 10.8 Å². The maximum absolute atomic E-state index is 13.0. The summed E-state index contributed by atoms with van der Waals surface area (Å²) in [6.07, 6.45) is 2.54. The zero-order valence-corrected chi connectivity index (χ0v) is 17.6. The van der Waals surface area contributed by atoms with E-state index in [2.05, 4.69) is 12.2 Å². The van der Waals surface area contributed by atoms with E-state index in [1.807, 2.05) is 32.0 Å². The Morgan fingerprint density at radius 3 is 2.50 bits per heavy atom. The van der Waals surface area contributed by atoms with Gasteiger partial charge in [-0.2, -0.15) is 4.31 Å². The number of rotatable bonds is 5. The highest BCUT2D eigenvalue weighted by molar-refractivity contribution is 7.89. The molecule has 6 heteroatoms. The topological polar surface area (TPSA) is 66.5 Å². The van der Waals surface area contributed by atoms with Crippen LogP contribution in [0, 0.1) is 12.8 Å².